The summed E-state index contributed by atoms with van der Waals surface area (Å²) in [6.07, 6.45) is 3.02. The number of hydrogen-bond acceptors (Lipinski definition) is 4. The summed E-state index contributed by atoms with van der Waals surface area (Å²) in [6, 6.07) is 8.52. The van der Waals surface area contributed by atoms with Crippen LogP contribution < -0.4 is 0 Å². The number of aryl methyl sites for hydroxylation is 1. The zero-order chi connectivity index (χ0) is 19.4. The molecule has 0 radical (unpaired) electrons. The number of nitrogens with zero attached hydrogens (tertiary/aromatic N) is 3. The van der Waals surface area contributed by atoms with E-state index < -0.39 is 5.97 Å². The first-order valence-electron chi connectivity index (χ1n) is 9.14. The minimum Gasteiger partial charge on any atom is -0.478 e. The number of piperidine rings is 1. The van der Waals surface area contributed by atoms with Gasteiger partial charge in [0, 0.05) is 18.8 Å². The minimum absolute atomic E-state index is 0.155. The van der Waals surface area contributed by atoms with Gasteiger partial charge in [-0.05, 0) is 32.3 Å². The lowest BCUT2D eigenvalue weighted by Gasteiger charge is -2.32. The van der Waals surface area contributed by atoms with Crippen molar-refractivity contribution in [1.82, 2.24) is 14.7 Å². The Balaban J connectivity index is 1.47. The van der Waals surface area contributed by atoms with Crippen molar-refractivity contribution in [1.29, 1.82) is 0 Å². The van der Waals surface area contributed by atoms with Crippen LogP contribution in [0.5, 0.6) is 0 Å². The van der Waals surface area contributed by atoms with Gasteiger partial charge >= 0.3 is 5.97 Å². The Bertz CT molecular complexity index is 826. The Hall–Kier alpha value is -2.28. The maximum absolute atomic E-state index is 12.5. The Kier molecular flexibility index (Phi) is 6.21. The first kappa shape index (κ1) is 19.5. The maximum Gasteiger partial charge on any atom is 0.339 e. The molecule has 3 rings (SSSR count). The van der Waals surface area contributed by atoms with E-state index in [9.17, 15) is 9.59 Å². The highest BCUT2D eigenvalue weighted by molar-refractivity contribution is 7.99. The number of amides is 1. The van der Waals surface area contributed by atoms with Crippen LogP contribution in [0.2, 0.25) is 0 Å². The summed E-state index contributed by atoms with van der Waals surface area (Å²) < 4.78 is 1.80. The quantitative estimate of drug-likeness (QED) is 0.823. The number of aromatic nitrogens is 2. The van der Waals surface area contributed by atoms with E-state index in [1.54, 1.807) is 23.4 Å². The lowest BCUT2D eigenvalue weighted by molar-refractivity contribution is -0.129. The number of rotatable bonds is 6. The van der Waals surface area contributed by atoms with Crippen LogP contribution in [-0.2, 0) is 10.5 Å². The van der Waals surface area contributed by atoms with E-state index in [0.29, 0.717) is 24.5 Å². The largest absolute Gasteiger partial charge is 0.478 e. The van der Waals surface area contributed by atoms with Gasteiger partial charge in [0.15, 0.2) is 0 Å². The first-order valence-corrected chi connectivity index (χ1v) is 10.3. The fourth-order valence-corrected chi connectivity index (χ4v) is 4.39. The molecular weight excluding hydrogens is 362 g/mol. The van der Waals surface area contributed by atoms with Crippen LogP contribution in [0.4, 0.5) is 0 Å². The number of hydrogen-bond donors (Lipinski definition) is 1. The van der Waals surface area contributed by atoms with E-state index in [2.05, 4.69) is 30.2 Å². The summed E-state index contributed by atoms with van der Waals surface area (Å²) in [4.78, 5) is 25.5. The van der Waals surface area contributed by atoms with E-state index in [-0.39, 0.29) is 17.5 Å². The highest BCUT2D eigenvalue weighted by Crippen LogP contribution is 2.25. The zero-order valence-electron chi connectivity index (χ0n) is 15.7. The number of carbonyl (C=O) groups excluding carboxylic acids is 1. The van der Waals surface area contributed by atoms with Crippen molar-refractivity contribution in [3.63, 3.8) is 0 Å². The Morgan fingerprint density at radius 1 is 1.26 bits per heavy atom. The zero-order valence-corrected chi connectivity index (χ0v) is 16.5. The Morgan fingerprint density at radius 3 is 2.63 bits per heavy atom. The predicted octanol–water partition coefficient (Wildman–Crippen LogP) is 3.30. The molecule has 144 valence electrons. The maximum atomic E-state index is 12.5. The van der Waals surface area contributed by atoms with Crippen LogP contribution >= 0.6 is 11.8 Å². The summed E-state index contributed by atoms with van der Waals surface area (Å²) in [6.45, 7) is 5.24. The molecule has 2 aromatic rings. The molecule has 7 heteroatoms. The van der Waals surface area contributed by atoms with Crippen molar-refractivity contribution in [2.75, 3.05) is 18.8 Å². The second-order valence-electron chi connectivity index (χ2n) is 6.99. The molecule has 1 aromatic heterocycles. The van der Waals surface area contributed by atoms with Gasteiger partial charge in [0.1, 0.15) is 5.56 Å². The number of carboxylic acid groups (broad SMARTS) is 1. The predicted molar refractivity (Wildman–Crippen MR) is 106 cm³/mol. The molecular formula is C20H25N3O3S. The molecule has 0 spiro atoms. The van der Waals surface area contributed by atoms with Crippen molar-refractivity contribution in [3.8, 4) is 0 Å². The van der Waals surface area contributed by atoms with E-state index in [0.717, 1.165) is 18.6 Å². The van der Waals surface area contributed by atoms with Gasteiger partial charge in [-0.3, -0.25) is 9.48 Å². The van der Waals surface area contributed by atoms with Crippen LogP contribution in [0.25, 0.3) is 0 Å². The van der Waals surface area contributed by atoms with E-state index in [1.165, 1.54) is 17.3 Å². The molecule has 0 unspecified atom stereocenters. The first-order chi connectivity index (χ1) is 13.0. The summed E-state index contributed by atoms with van der Waals surface area (Å²) in [5.74, 6) is 0.559. The lowest BCUT2D eigenvalue weighted by atomic mass is 10.0. The lowest BCUT2D eigenvalue weighted by Crippen LogP contribution is -2.40. The van der Waals surface area contributed by atoms with Crippen molar-refractivity contribution in [2.24, 2.45) is 0 Å². The van der Waals surface area contributed by atoms with E-state index in [1.807, 2.05) is 11.0 Å². The van der Waals surface area contributed by atoms with Crippen molar-refractivity contribution in [3.05, 3.63) is 52.8 Å². The van der Waals surface area contributed by atoms with Crippen LogP contribution in [0.15, 0.2) is 30.5 Å². The third-order valence-electron chi connectivity index (χ3n) is 5.01. The number of benzene rings is 1. The average Bonchev–Trinajstić information content (AvgIpc) is 3.03. The summed E-state index contributed by atoms with van der Waals surface area (Å²) in [7, 11) is 0. The number of carboxylic acids is 1. The SMILES string of the molecule is Cc1cccc(CSCC(=O)N2CCC(n3ncc(C(=O)O)c3C)CC2)c1. The summed E-state index contributed by atoms with van der Waals surface area (Å²) >= 11 is 1.65. The van der Waals surface area contributed by atoms with Crippen molar-refractivity contribution >= 4 is 23.6 Å². The van der Waals surface area contributed by atoms with E-state index >= 15 is 0 Å². The molecule has 1 saturated heterocycles. The number of likely N-dealkylation sites (tertiary alicyclic amines) is 1. The molecule has 2 heterocycles. The molecule has 1 amide bonds. The second kappa shape index (κ2) is 8.61. The van der Waals surface area contributed by atoms with Gasteiger partial charge in [-0.15, -0.1) is 11.8 Å². The second-order valence-corrected chi connectivity index (χ2v) is 7.97. The Labute approximate surface area is 163 Å². The van der Waals surface area contributed by atoms with Crippen molar-refractivity contribution < 1.29 is 14.7 Å². The highest BCUT2D eigenvalue weighted by atomic mass is 32.2. The third kappa shape index (κ3) is 4.71. The standard InChI is InChI=1S/C20H25N3O3S/c1-14-4-3-5-16(10-14)12-27-13-19(24)22-8-6-17(7-9-22)23-15(2)18(11-21-23)20(25)26/h3-5,10-11,17H,6-9,12-13H2,1-2H3,(H,25,26). The fourth-order valence-electron chi connectivity index (χ4n) is 3.51. The molecule has 27 heavy (non-hydrogen) atoms. The fraction of sp³-hybridized carbons (Fsp3) is 0.450. The van der Waals surface area contributed by atoms with Gasteiger partial charge in [-0.1, -0.05) is 29.8 Å². The van der Waals surface area contributed by atoms with Crippen LogP contribution in [-0.4, -0.2) is 50.5 Å². The number of carbonyl (C=O) groups is 2. The number of thioether (sulfide) groups is 1. The molecule has 1 N–H and O–H groups in total. The van der Waals surface area contributed by atoms with Gasteiger partial charge in [-0.25, -0.2) is 4.79 Å². The van der Waals surface area contributed by atoms with Crippen molar-refractivity contribution in [2.45, 2.75) is 38.5 Å². The molecule has 1 fully saturated rings. The van der Waals surface area contributed by atoms with E-state index in [4.69, 9.17) is 5.11 Å². The molecule has 0 bridgehead atoms. The molecule has 0 aliphatic carbocycles. The number of aromatic carboxylic acids is 1. The smallest absolute Gasteiger partial charge is 0.339 e. The van der Waals surface area contributed by atoms with Crippen LogP contribution in [0.1, 0.15) is 46.1 Å². The third-order valence-corrected chi connectivity index (χ3v) is 6.00. The highest BCUT2D eigenvalue weighted by Gasteiger charge is 2.26. The van der Waals surface area contributed by atoms with Gasteiger partial charge in [0.2, 0.25) is 5.91 Å². The average molecular weight is 388 g/mol. The molecule has 0 saturated carbocycles. The summed E-state index contributed by atoms with van der Waals surface area (Å²) in [5, 5.41) is 13.4. The van der Waals surface area contributed by atoms with Gasteiger partial charge in [0.25, 0.3) is 0 Å². The molecule has 1 aliphatic heterocycles. The summed E-state index contributed by atoms with van der Waals surface area (Å²) in [5.41, 5.74) is 3.42. The topological polar surface area (TPSA) is 75.4 Å². The van der Waals surface area contributed by atoms with Gasteiger partial charge < -0.3 is 10.0 Å². The minimum atomic E-state index is -0.947. The molecule has 0 atom stereocenters. The molecule has 1 aromatic carbocycles. The molecule has 6 nitrogen and oxygen atoms in total. The monoisotopic (exact) mass is 387 g/mol. The van der Waals surface area contributed by atoms with Crippen LogP contribution in [0.3, 0.4) is 0 Å². The van der Waals surface area contributed by atoms with Gasteiger partial charge in [0.05, 0.1) is 23.7 Å². The molecule has 1 aliphatic rings. The Morgan fingerprint density at radius 2 is 2.00 bits per heavy atom. The van der Waals surface area contributed by atoms with Gasteiger partial charge in [-0.2, -0.15) is 5.10 Å². The normalized spacial score (nSPS) is 15.1. The van der Waals surface area contributed by atoms with Crippen LogP contribution in [0, 0.1) is 13.8 Å².